The molecule has 1 heterocycles. The van der Waals surface area contributed by atoms with Gasteiger partial charge in [0.15, 0.2) is 5.69 Å². The highest BCUT2D eigenvalue weighted by Gasteiger charge is 2.08. The fraction of sp³-hybridized carbons (Fsp3) is 0.167. The number of aromatic nitrogens is 1. The number of rotatable bonds is 6. The molecule has 0 aliphatic carbocycles. The van der Waals surface area contributed by atoms with E-state index in [0.29, 0.717) is 18.9 Å². The number of anilines is 1. The summed E-state index contributed by atoms with van der Waals surface area (Å²) in [5.74, 6) is -0.418. The summed E-state index contributed by atoms with van der Waals surface area (Å²) in [5.41, 5.74) is 0.0376. The molecular weight excluding hydrogens is 204 g/mol. The summed E-state index contributed by atoms with van der Waals surface area (Å²) in [7, 11) is 0. The van der Waals surface area contributed by atoms with Crippen molar-refractivity contribution in [3.05, 3.63) is 49.2 Å². The van der Waals surface area contributed by atoms with Crippen molar-refractivity contribution in [2.24, 2.45) is 0 Å². The molecule has 0 aliphatic rings. The summed E-state index contributed by atoms with van der Waals surface area (Å²) in [6.07, 6.45) is 3.47. The van der Waals surface area contributed by atoms with Crippen LogP contribution in [0.1, 0.15) is 10.5 Å². The molecule has 4 heteroatoms. The Morgan fingerprint density at radius 1 is 1.38 bits per heavy atom. The van der Waals surface area contributed by atoms with Crippen molar-refractivity contribution in [1.29, 1.82) is 0 Å². The second kappa shape index (κ2) is 5.70. The van der Waals surface area contributed by atoms with Crippen molar-refractivity contribution in [2.45, 2.75) is 0 Å². The van der Waals surface area contributed by atoms with Gasteiger partial charge in [0.1, 0.15) is 5.82 Å². The van der Waals surface area contributed by atoms with Gasteiger partial charge in [-0.1, -0.05) is 18.2 Å². The molecule has 0 saturated carbocycles. The lowest BCUT2D eigenvalue weighted by molar-refractivity contribution is 0.0690. The molecular formula is C12H14N2O2. The zero-order chi connectivity index (χ0) is 12.0. The Morgan fingerprint density at radius 3 is 2.50 bits per heavy atom. The molecule has 0 spiro atoms. The van der Waals surface area contributed by atoms with E-state index in [2.05, 4.69) is 18.1 Å². The summed E-state index contributed by atoms with van der Waals surface area (Å²) < 4.78 is 0. The third-order valence-corrected chi connectivity index (χ3v) is 1.98. The first-order valence-corrected chi connectivity index (χ1v) is 4.86. The quantitative estimate of drug-likeness (QED) is 0.741. The van der Waals surface area contributed by atoms with E-state index < -0.39 is 5.97 Å². The van der Waals surface area contributed by atoms with E-state index in [-0.39, 0.29) is 5.69 Å². The topological polar surface area (TPSA) is 53.4 Å². The van der Waals surface area contributed by atoms with Crippen molar-refractivity contribution >= 4 is 11.8 Å². The van der Waals surface area contributed by atoms with Gasteiger partial charge in [-0.3, -0.25) is 0 Å². The summed E-state index contributed by atoms with van der Waals surface area (Å²) >= 11 is 0. The Morgan fingerprint density at radius 2 is 2.00 bits per heavy atom. The maximum atomic E-state index is 10.8. The molecule has 0 fully saturated rings. The Bertz CT molecular complexity index is 392. The lowest BCUT2D eigenvalue weighted by Crippen LogP contribution is -2.24. The summed E-state index contributed by atoms with van der Waals surface area (Å²) in [6, 6.07) is 4.90. The van der Waals surface area contributed by atoms with Crippen LogP contribution in [0, 0.1) is 0 Å². The molecule has 0 aromatic carbocycles. The molecule has 0 bridgehead atoms. The average Bonchev–Trinajstić information content (AvgIpc) is 2.29. The minimum Gasteiger partial charge on any atom is -0.477 e. The molecule has 1 rings (SSSR count). The van der Waals surface area contributed by atoms with Crippen molar-refractivity contribution in [3.8, 4) is 0 Å². The predicted molar refractivity (Wildman–Crippen MR) is 63.8 cm³/mol. The molecule has 1 aromatic heterocycles. The monoisotopic (exact) mass is 218 g/mol. The van der Waals surface area contributed by atoms with Crippen molar-refractivity contribution in [2.75, 3.05) is 18.0 Å². The van der Waals surface area contributed by atoms with E-state index >= 15 is 0 Å². The van der Waals surface area contributed by atoms with Gasteiger partial charge >= 0.3 is 5.97 Å². The van der Waals surface area contributed by atoms with Gasteiger partial charge in [-0.15, -0.1) is 13.2 Å². The van der Waals surface area contributed by atoms with Gasteiger partial charge in [0.2, 0.25) is 0 Å². The molecule has 1 aromatic rings. The van der Waals surface area contributed by atoms with Gasteiger partial charge in [-0.2, -0.15) is 0 Å². The van der Waals surface area contributed by atoms with Crippen LogP contribution in [0.25, 0.3) is 0 Å². The van der Waals surface area contributed by atoms with E-state index in [1.54, 1.807) is 24.3 Å². The summed E-state index contributed by atoms with van der Waals surface area (Å²) in [6.45, 7) is 8.49. The van der Waals surface area contributed by atoms with Crippen LogP contribution in [0.5, 0.6) is 0 Å². The highest BCUT2D eigenvalue weighted by atomic mass is 16.4. The molecule has 0 radical (unpaired) electrons. The smallest absolute Gasteiger partial charge is 0.354 e. The molecule has 0 saturated heterocycles. The number of carboxylic acids is 1. The van der Waals surface area contributed by atoms with Crippen LogP contribution in [-0.4, -0.2) is 29.1 Å². The lowest BCUT2D eigenvalue weighted by Gasteiger charge is -2.20. The Kier molecular flexibility index (Phi) is 4.27. The standard InChI is InChI=1S/C12H14N2O2/c1-3-8-14(9-4-2)11-7-5-6-10(13-11)12(15)16/h3-7H,1-2,8-9H2,(H,15,16). The highest BCUT2D eigenvalue weighted by molar-refractivity contribution is 5.85. The van der Waals surface area contributed by atoms with E-state index in [0.717, 1.165) is 0 Å². The minimum atomic E-state index is -1.03. The molecule has 84 valence electrons. The second-order valence-corrected chi connectivity index (χ2v) is 3.17. The van der Waals surface area contributed by atoms with Crippen LogP contribution in [0.4, 0.5) is 5.82 Å². The number of carboxylic acid groups (broad SMARTS) is 1. The molecule has 16 heavy (non-hydrogen) atoms. The number of hydrogen-bond donors (Lipinski definition) is 1. The molecule has 1 N–H and O–H groups in total. The van der Waals surface area contributed by atoms with Gasteiger partial charge in [-0.25, -0.2) is 9.78 Å². The number of aromatic carboxylic acids is 1. The maximum Gasteiger partial charge on any atom is 0.354 e. The molecule has 0 atom stereocenters. The normalized spacial score (nSPS) is 9.50. The van der Waals surface area contributed by atoms with Crippen LogP contribution in [0.2, 0.25) is 0 Å². The first-order chi connectivity index (χ1) is 7.69. The third kappa shape index (κ3) is 2.95. The number of nitrogens with zero attached hydrogens (tertiary/aromatic N) is 2. The van der Waals surface area contributed by atoms with Crippen molar-refractivity contribution in [1.82, 2.24) is 4.98 Å². The molecule has 0 unspecified atom stereocenters. The first-order valence-electron chi connectivity index (χ1n) is 4.86. The van der Waals surface area contributed by atoms with Crippen LogP contribution in [0.3, 0.4) is 0 Å². The van der Waals surface area contributed by atoms with E-state index in [9.17, 15) is 4.79 Å². The Balaban J connectivity index is 2.98. The number of carbonyl (C=O) groups is 1. The predicted octanol–water partition coefficient (Wildman–Crippen LogP) is 1.96. The van der Waals surface area contributed by atoms with Gasteiger partial charge in [0.25, 0.3) is 0 Å². The molecule has 0 aliphatic heterocycles. The van der Waals surface area contributed by atoms with Crippen LogP contribution < -0.4 is 4.90 Å². The van der Waals surface area contributed by atoms with Gasteiger partial charge in [0, 0.05) is 13.1 Å². The highest BCUT2D eigenvalue weighted by Crippen LogP contribution is 2.11. The fourth-order valence-corrected chi connectivity index (χ4v) is 1.29. The van der Waals surface area contributed by atoms with E-state index in [4.69, 9.17) is 5.11 Å². The van der Waals surface area contributed by atoms with Crippen LogP contribution >= 0.6 is 0 Å². The average molecular weight is 218 g/mol. The Labute approximate surface area is 94.5 Å². The van der Waals surface area contributed by atoms with Gasteiger partial charge < -0.3 is 10.0 Å². The van der Waals surface area contributed by atoms with Crippen LogP contribution in [0.15, 0.2) is 43.5 Å². The van der Waals surface area contributed by atoms with Crippen molar-refractivity contribution in [3.63, 3.8) is 0 Å². The number of pyridine rings is 1. The van der Waals surface area contributed by atoms with Crippen LogP contribution in [-0.2, 0) is 0 Å². The second-order valence-electron chi connectivity index (χ2n) is 3.17. The summed E-state index contributed by atoms with van der Waals surface area (Å²) in [5, 5.41) is 8.83. The fourth-order valence-electron chi connectivity index (χ4n) is 1.29. The van der Waals surface area contributed by atoms with E-state index in [1.807, 2.05) is 4.90 Å². The zero-order valence-electron chi connectivity index (χ0n) is 8.97. The first kappa shape index (κ1) is 12.0. The van der Waals surface area contributed by atoms with Gasteiger partial charge in [0.05, 0.1) is 0 Å². The number of hydrogen-bond acceptors (Lipinski definition) is 3. The molecule has 4 nitrogen and oxygen atoms in total. The lowest BCUT2D eigenvalue weighted by atomic mass is 10.3. The summed E-state index contributed by atoms with van der Waals surface area (Å²) in [4.78, 5) is 16.7. The minimum absolute atomic E-state index is 0.0376. The third-order valence-electron chi connectivity index (χ3n) is 1.98. The zero-order valence-corrected chi connectivity index (χ0v) is 8.97. The Hall–Kier alpha value is -2.10. The SMILES string of the molecule is C=CCN(CC=C)c1cccc(C(=O)O)n1. The van der Waals surface area contributed by atoms with Gasteiger partial charge in [-0.05, 0) is 12.1 Å². The van der Waals surface area contributed by atoms with Crippen molar-refractivity contribution < 1.29 is 9.90 Å². The molecule has 0 amide bonds. The van der Waals surface area contributed by atoms with E-state index in [1.165, 1.54) is 6.07 Å². The maximum absolute atomic E-state index is 10.8. The largest absolute Gasteiger partial charge is 0.477 e.